The minimum atomic E-state index is -0.849. The van der Waals surface area contributed by atoms with Gasteiger partial charge in [0.15, 0.2) is 5.13 Å². The number of thiazole rings is 1. The van der Waals surface area contributed by atoms with E-state index < -0.39 is 29.5 Å². The summed E-state index contributed by atoms with van der Waals surface area (Å²) in [6.07, 6.45) is 0.719. The number of rotatable bonds is 9. The monoisotopic (exact) mass is 438 g/mol. The van der Waals surface area contributed by atoms with Crippen LogP contribution >= 0.6 is 11.3 Å². The van der Waals surface area contributed by atoms with Crippen molar-refractivity contribution in [2.45, 2.75) is 46.1 Å². The molecule has 0 aliphatic carbocycles. The van der Waals surface area contributed by atoms with Crippen molar-refractivity contribution < 1.29 is 23.2 Å². The van der Waals surface area contributed by atoms with E-state index >= 15 is 0 Å². The average molecular weight is 439 g/mol. The lowest BCUT2D eigenvalue weighted by molar-refractivity contribution is -0.126. The highest BCUT2D eigenvalue weighted by molar-refractivity contribution is 7.16. The Kier molecular flexibility index (Phi) is 8.40. The summed E-state index contributed by atoms with van der Waals surface area (Å²) in [7, 11) is 0. The van der Waals surface area contributed by atoms with Gasteiger partial charge < -0.3 is 16.0 Å². The first-order chi connectivity index (χ1) is 14.2. The Morgan fingerprint density at radius 2 is 1.80 bits per heavy atom. The number of nitrogens with zero attached hydrogens (tertiary/aromatic N) is 1. The summed E-state index contributed by atoms with van der Waals surface area (Å²) in [5.41, 5.74) is 0.407. The minimum Gasteiger partial charge on any atom is -0.351 e. The van der Waals surface area contributed by atoms with Crippen LogP contribution in [0.15, 0.2) is 18.2 Å². The normalized spacial score (nSPS) is 11.6. The van der Waals surface area contributed by atoms with E-state index in [4.69, 9.17) is 0 Å². The van der Waals surface area contributed by atoms with Crippen molar-refractivity contribution in [3.8, 4) is 0 Å². The Labute approximate surface area is 177 Å². The van der Waals surface area contributed by atoms with Crippen LogP contribution < -0.4 is 16.0 Å². The predicted molar refractivity (Wildman–Crippen MR) is 110 cm³/mol. The van der Waals surface area contributed by atoms with Crippen molar-refractivity contribution in [1.82, 2.24) is 15.6 Å². The Morgan fingerprint density at radius 1 is 1.13 bits per heavy atom. The molecule has 0 radical (unpaired) electrons. The van der Waals surface area contributed by atoms with Gasteiger partial charge in [0, 0.05) is 17.5 Å². The van der Waals surface area contributed by atoms with Crippen LogP contribution in [0.3, 0.4) is 0 Å². The van der Waals surface area contributed by atoms with E-state index in [2.05, 4.69) is 20.9 Å². The van der Waals surface area contributed by atoms with Crippen LogP contribution in [0.25, 0.3) is 0 Å². The molecule has 1 aromatic carbocycles. The van der Waals surface area contributed by atoms with Crippen LogP contribution in [0.5, 0.6) is 0 Å². The van der Waals surface area contributed by atoms with E-state index in [-0.39, 0.29) is 28.7 Å². The third-order valence-corrected chi connectivity index (χ3v) is 4.98. The third kappa shape index (κ3) is 6.58. The van der Waals surface area contributed by atoms with Gasteiger partial charge in [-0.3, -0.25) is 14.4 Å². The molecule has 0 aliphatic rings. The molecule has 0 spiro atoms. The summed E-state index contributed by atoms with van der Waals surface area (Å²) < 4.78 is 26.6. The van der Waals surface area contributed by atoms with Crippen LogP contribution in [0.2, 0.25) is 0 Å². The molecule has 30 heavy (non-hydrogen) atoms. The number of aryl methyl sites for hydroxylation is 1. The lowest BCUT2D eigenvalue weighted by Gasteiger charge is -2.17. The highest BCUT2D eigenvalue weighted by Crippen LogP contribution is 2.22. The predicted octanol–water partition coefficient (Wildman–Crippen LogP) is 2.95. The maximum Gasteiger partial charge on any atom is 0.271 e. The first-order valence-electron chi connectivity index (χ1n) is 9.54. The van der Waals surface area contributed by atoms with Gasteiger partial charge in [0.2, 0.25) is 11.8 Å². The SMILES string of the molecule is CCCC(NC(=O)Cc1cc(F)cc(F)c1)C(=O)Nc1nc(C(=O)NCC)c(C)s1. The van der Waals surface area contributed by atoms with Crippen LogP contribution in [0, 0.1) is 18.6 Å². The number of carbonyl (C=O) groups is 3. The van der Waals surface area contributed by atoms with Crippen LogP contribution in [0.1, 0.15) is 47.6 Å². The summed E-state index contributed by atoms with van der Waals surface area (Å²) in [6, 6.07) is 2.01. The topological polar surface area (TPSA) is 100 Å². The van der Waals surface area contributed by atoms with E-state index in [0.29, 0.717) is 24.3 Å². The summed E-state index contributed by atoms with van der Waals surface area (Å²) >= 11 is 1.16. The maximum absolute atomic E-state index is 13.3. The molecule has 2 rings (SSSR count). The molecule has 7 nitrogen and oxygen atoms in total. The molecule has 2 aromatic rings. The molecule has 1 unspecified atom stereocenters. The van der Waals surface area contributed by atoms with Gasteiger partial charge in [0.05, 0.1) is 6.42 Å². The van der Waals surface area contributed by atoms with Crippen molar-refractivity contribution in [3.05, 3.63) is 46.0 Å². The highest BCUT2D eigenvalue weighted by atomic mass is 32.1. The Bertz CT molecular complexity index is 913. The molecule has 0 aliphatic heterocycles. The molecule has 0 bridgehead atoms. The molecule has 0 saturated heterocycles. The van der Waals surface area contributed by atoms with E-state index in [1.54, 1.807) is 13.8 Å². The molecule has 10 heteroatoms. The molecule has 0 fully saturated rings. The fraction of sp³-hybridized carbons (Fsp3) is 0.400. The average Bonchev–Trinajstić information content (AvgIpc) is 3.00. The number of aromatic nitrogens is 1. The molecule has 1 heterocycles. The number of benzene rings is 1. The summed E-state index contributed by atoms with van der Waals surface area (Å²) in [6.45, 7) is 5.83. The minimum absolute atomic E-state index is 0.169. The molecular formula is C20H24F2N4O3S. The second kappa shape index (κ2) is 10.8. The number of hydrogen-bond donors (Lipinski definition) is 3. The zero-order valence-corrected chi connectivity index (χ0v) is 17.8. The number of halogens is 2. The largest absolute Gasteiger partial charge is 0.351 e. The maximum atomic E-state index is 13.3. The molecule has 3 N–H and O–H groups in total. The van der Waals surface area contributed by atoms with E-state index in [1.165, 1.54) is 0 Å². The first kappa shape index (κ1) is 23.4. The number of amides is 3. The van der Waals surface area contributed by atoms with Crippen molar-refractivity contribution in [2.75, 3.05) is 11.9 Å². The second-order valence-electron chi connectivity index (χ2n) is 6.64. The Balaban J connectivity index is 2.04. The van der Waals surface area contributed by atoms with E-state index in [9.17, 15) is 23.2 Å². The van der Waals surface area contributed by atoms with E-state index in [0.717, 1.165) is 29.5 Å². The summed E-state index contributed by atoms with van der Waals surface area (Å²) in [5.74, 6) is -2.89. The van der Waals surface area contributed by atoms with Crippen LogP contribution in [-0.2, 0) is 16.0 Å². The second-order valence-corrected chi connectivity index (χ2v) is 7.84. The molecule has 162 valence electrons. The smallest absolute Gasteiger partial charge is 0.271 e. The molecule has 1 aromatic heterocycles. The zero-order chi connectivity index (χ0) is 22.3. The van der Waals surface area contributed by atoms with Gasteiger partial charge in [-0.1, -0.05) is 13.3 Å². The van der Waals surface area contributed by atoms with Crippen molar-refractivity contribution in [2.24, 2.45) is 0 Å². The number of carbonyl (C=O) groups excluding carboxylic acids is 3. The van der Waals surface area contributed by atoms with Gasteiger partial charge in [-0.2, -0.15) is 0 Å². The molecular weight excluding hydrogens is 414 g/mol. The Hall–Kier alpha value is -2.88. The fourth-order valence-corrected chi connectivity index (χ4v) is 3.61. The molecule has 0 saturated carbocycles. The number of anilines is 1. The number of nitrogens with one attached hydrogen (secondary N) is 3. The van der Waals surface area contributed by atoms with Crippen LogP contribution in [0.4, 0.5) is 13.9 Å². The molecule has 1 atom stereocenters. The van der Waals surface area contributed by atoms with Crippen molar-refractivity contribution >= 4 is 34.2 Å². The quantitative estimate of drug-likeness (QED) is 0.560. The zero-order valence-electron chi connectivity index (χ0n) is 17.0. The van der Waals surface area contributed by atoms with Gasteiger partial charge in [0.1, 0.15) is 23.4 Å². The third-order valence-electron chi connectivity index (χ3n) is 4.10. The van der Waals surface area contributed by atoms with Crippen molar-refractivity contribution in [3.63, 3.8) is 0 Å². The summed E-state index contributed by atoms with van der Waals surface area (Å²) in [5, 5.41) is 8.12. The van der Waals surface area contributed by atoms with Crippen molar-refractivity contribution in [1.29, 1.82) is 0 Å². The number of hydrogen-bond acceptors (Lipinski definition) is 5. The highest BCUT2D eigenvalue weighted by Gasteiger charge is 2.23. The summed E-state index contributed by atoms with van der Waals surface area (Å²) in [4.78, 5) is 41.7. The lowest BCUT2D eigenvalue weighted by atomic mass is 10.1. The van der Waals surface area contributed by atoms with E-state index in [1.807, 2.05) is 6.92 Å². The van der Waals surface area contributed by atoms with Gasteiger partial charge >= 0.3 is 0 Å². The fourth-order valence-electron chi connectivity index (χ4n) is 2.80. The van der Waals surface area contributed by atoms with Gasteiger partial charge in [-0.25, -0.2) is 13.8 Å². The van der Waals surface area contributed by atoms with Gasteiger partial charge in [-0.05, 0) is 38.0 Å². The Morgan fingerprint density at radius 3 is 2.40 bits per heavy atom. The van der Waals surface area contributed by atoms with Gasteiger partial charge in [-0.15, -0.1) is 11.3 Å². The van der Waals surface area contributed by atoms with Gasteiger partial charge in [0.25, 0.3) is 5.91 Å². The van der Waals surface area contributed by atoms with Crippen LogP contribution in [-0.4, -0.2) is 35.3 Å². The molecule has 3 amide bonds. The lowest BCUT2D eigenvalue weighted by Crippen LogP contribution is -2.44. The standard InChI is InChI=1S/C20H24F2N4O3S/c1-4-6-15(24-16(27)9-12-7-13(21)10-14(22)8-12)18(28)26-20-25-17(11(3)30-20)19(29)23-5-2/h7-8,10,15H,4-6,9H2,1-3H3,(H,23,29)(H,24,27)(H,25,26,28). The first-order valence-corrected chi connectivity index (χ1v) is 10.4.